The van der Waals surface area contributed by atoms with Gasteiger partial charge in [0.15, 0.2) is 0 Å². The van der Waals surface area contributed by atoms with E-state index in [0.717, 1.165) is 12.7 Å². The van der Waals surface area contributed by atoms with Crippen LogP contribution in [0.5, 0.6) is 0 Å². The molecule has 0 aliphatic heterocycles. The van der Waals surface area contributed by atoms with Crippen LogP contribution >= 0.6 is 0 Å². The molecule has 19 heavy (non-hydrogen) atoms. The van der Waals surface area contributed by atoms with Crippen molar-refractivity contribution in [1.82, 2.24) is 5.32 Å². The van der Waals surface area contributed by atoms with Crippen molar-refractivity contribution in [1.29, 1.82) is 0 Å². The zero-order valence-corrected chi connectivity index (χ0v) is 12.4. The molecule has 4 nitrogen and oxygen atoms in total. The van der Waals surface area contributed by atoms with E-state index in [2.05, 4.69) is 5.32 Å². The van der Waals surface area contributed by atoms with Crippen LogP contribution in [0.3, 0.4) is 0 Å². The smallest absolute Gasteiger partial charge is 0.407 e. The maximum Gasteiger partial charge on any atom is 0.407 e. The highest BCUT2D eigenvalue weighted by atomic mass is 16.6. The Hall–Kier alpha value is -1.06. The van der Waals surface area contributed by atoms with Gasteiger partial charge in [0.05, 0.1) is 0 Å². The minimum atomic E-state index is -0.499. The van der Waals surface area contributed by atoms with Gasteiger partial charge in [-0.1, -0.05) is 32.1 Å². The van der Waals surface area contributed by atoms with Gasteiger partial charge in [-0.15, -0.1) is 0 Å². The molecular formula is C15H27NO3. The summed E-state index contributed by atoms with van der Waals surface area (Å²) in [6.45, 7) is 5.51. The monoisotopic (exact) mass is 269 g/mol. The first-order valence-electron chi connectivity index (χ1n) is 7.34. The highest BCUT2D eigenvalue weighted by Gasteiger charge is 2.22. The highest BCUT2D eigenvalue weighted by molar-refractivity contribution is 5.68. The average Bonchev–Trinajstić information content (AvgIpc) is 2.27. The van der Waals surface area contributed by atoms with Crippen molar-refractivity contribution in [2.24, 2.45) is 5.92 Å². The lowest BCUT2D eigenvalue weighted by Gasteiger charge is -2.27. The Labute approximate surface area is 116 Å². The van der Waals surface area contributed by atoms with Gasteiger partial charge in [0.2, 0.25) is 0 Å². The molecule has 4 heteroatoms. The second kappa shape index (κ2) is 7.51. The van der Waals surface area contributed by atoms with Gasteiger partial charge in [-0.25, -0.2) is 4.79 Å². The van der Waals surface area contributed by atoms with Gasteiger partial charge in [-0.05, 0) is 33.1 Å². The Morgan fingerprint density at radius 2 is 1.95 bits per heavy atom. The van der Waals surface area contributed by atoms with E-state index < -0.39 is 11.7 Å². The lowest BCUT2D eigenvalue weighted by molar-refractivity contribution is -0.108. The summed E-state index contributed by atoms with van der Waals surface area (Å²) in [7, 11) is 0. The Morgan fingerprint density at radius 1 is 1.32 bits per heavy atom. The van der Waals surface area contributed by atoms with Crippen molar-refractivity contribution in [2.45, 2.75) is 77.4 Å². The molecule has 0 unspecified atom stereocenters. The minimum absolute atomic E-state index is 0.0875. The van der Waals surface area contributed by atoms with Gasteiger partial charge in [-0.3, -0.25) is 0 Å². The quantitative estimate of drug-likeness (QED) is 0.778. The first-order valence-corrected chi connectivity index (χ1v) is 7.34. The van der Waals surface area contributed by atoms with Gasteiger partial charge in [0.25, 0.3) is 0 Å². The molecule has 0 aromatic heterocycles. The van der Waals surface area contributed by atoms with Crippen molar-refractivity contribution < 1.29 is 14.3 Å². The number of aldehydes is 1. The van der Waals surface area contributed by atoms with E-state index >= 15 is 0 Å². The molecule has 1 fully saturated rings. The number of carbonyl (C=O) groups excluding carboxylic acids is 2. The molecule has 0 bridgehead atoms. The third-order valence-corrected chi connectivity index (χ3v) is 3.44. The predicted octanol–water partition coefficient (Wildman–Crippen LogP) is 3.44. The lowest BCUT2D eigenvalue weighted by atomic mass is 9.84. The topological polar surface area (TPSA) is 55.4 Å². The summed E-state index contributed by atoms with van der Waals surface area (Å²) in [5.41, 5.74) is -0.499. The fraction of sp³-hybridized carbons (Fsp3) is 0.867. The molecule has 0 saturated heterocycles. The molecule has 110 valence electrons. The zero-order chi connectivity index (χ0) is 14.3. The average molecular weight is 269 g/mol. The molecule has 1 saturated carbocycles. The Balaban J connectivity index is 2.42. The fourth-order valence-electron chi connectivity index (χ4n) is 2.63. The number of carbonyl (C=O) groups is 2. The molecule has 1 aliphatic carbocycles. The Kier molecular flexibility index (Phi) is 6.32. The van der Waals surface area contributed by atoms with Crippen LogP contribution in [-0.4, -0.2) is 24.0 Å². The number of alkyl carbamates (subject to hydrolysis) is 1. The summed E-state index contributed by atoms with van der Waals surface area (Å²) < 4.78 is 5.24. The number of hydrogen-bond acceptors (Lipinski definition) is 3. The molecule has 0 aromatic carbocycles. The first kappa shape index (κ1) is 16.0. The molecule has 0 radical (unpaired) electrons. The number of ether oxygens (including phenoxy) is 1. The van der Waals surface area contributed by atoms with Crippen molar-refractivity contribution in [2.75, 3.05) is 0 Å². The Bertz CT molecular complexity index is 290. The third-order valence-electron chi connectivity index (χ3n) is 3.44. The van der Waals surface area contributed by atoms with Gasteiger partial charge in [-0.2, -0.15) is 0 Å². The van der Waals surface area contributed by atoms with Crippen molar-refractivity contribution in [3.63, 3.8) is 0 Å². The second-order valence-electron chi connectivity index (χ2n) is 6.49. The molecule has 1 amide bonds. The summed E-state index contributed by atoms with van der Waals surface area (Å²) >= 11 is 0. The van der Waals surface area contributed by atoms with E-state index in [0.29, 0.717) is 12.3 Å². The van der Waals surface area contributed by atoms with Crippen molar-refractivity contribution >= 4 is 12.4 Å². The van der Waals surface area contributed by atoms with E-state index in [4.69, 9.17) is 4.74 Å². The van der Waals surface area contributed by atoms with Crippen LogP contribution in [0.4, 0.5) is 4.79 Å². The molecule has 1 atom stereocenters. The van der Waals surface area contributed by atoms with Crippen molar-refractivity contribution in [3.05, 3.63) is 0 Å². The first-order chi connectivity index (χ1) is 8.90. The number of amides is 1. The van der Waals surface area contributed by atoms with Crippen LogP contribution in [0, 0.1) is 5.92 Å². The number of hydrogen-bond donors (Lipinski definition) is 1. The van der Waals surface area contributed by atoms with Gasteiger partial charge < -0.3 is 14.8 Å². The van der Waals surface area contributed by atoms with E-state index in [1.54, 1.807) is 0 Å². The number of nitrogens with one attached hydrogen (secondary N) is 1. The predicted molar refractivity (Wildman–Crippen MR) is 75.0 cm³/mol. The molecule has 0 aromatic rings. The van der Waals surface area contributed by atoms with Crippen LogP contribution in [0.2, 0.25) is 0 Å². The van der Waals surface area contributed by atoms with Crippen molar-refractivity contribution in [3.8, 4) is 0 Å². The summed E-state index contributed by atoms with van der Waals surface area (Å²) in [5.74, 6) is 0.633. The molecular weight excluding hydrogens is 242 g/mol. The maximum atomic E-state index is 11.7. The molecule has 1 rings (SSSR count). The SMILES string of the molecule is CC(C)(C)OC(=O)N[C@H](CC=O)CC1CCCCC1. The maximum absolute atomic E-state index is 11.7. The van der Waals surface area contributed by atoms with Gasteiger partial charge in [0.1, 0.15) is 11.9 Å². The van der Waals surface area contributed by atoms with Crippen LogP contribution < -0.4 is 5.32 Å². The molecule has 1 N–H and O–H groups in total. The van der Waals surface area contributed by atoms with E-state index in [9.17, 15) is 9.59 Å². The van der Waals surface area contributed by atoms with E-state index in [-0.39, 0.29) is 6.04 Å². The normalized spacial score (nSPS) is 18.7. The Morgan fingerprint density at radius 3 is 2.47 bits per heavy atom. The van der Waals surface area contributed by atoms with E-state index in [1.165, 1.54) is 32.1 Å². The summed E-state index contributed by atoms with van der Waals surface area (Å²) in [6.07, 6.45) is 7.99. The largest absolute Gasteiger partial charge is 0.444 e. The van der Waals surface area contributed by atoms with Crippen LogP contribution in [-0.2, 0) is 9.53 Å². The highest BCUT2D eigenvalue weighted by Crippen LogP contribution is 2.27. The lowest BCUT2D eigenvalue weighted by Crippen LogP contribution is -2.40. The summed E-state index contributed by atoms with van der Waals surface area (Å²) in [5, 5.41) is 2.83. The van der Waals surface area contributed by atoms with Crippen LogP contribution in [0.1, 0.15) is 65.7 Å². The fourth-order valence-corrected chi connectivity index (χ4v) is 2.63. The molecule has 1 aliphatic rings. The standard InChI is InChI=1S/C15H27NO3/c1-15(2,3)19-14(18)16-13(9-10-17)11-12-7-5-4-6-8-12/h10,12-13H,4-9,11H2,1-3H3,(H,16,18)/t13-/m1/s1. The van der Waals surface area contributed by atoms with Crippen LogP contribution in [0.15, 0.2) is 0 Å². The molecule has 0 spiro atoms. The third kappa shape index (κ3) is 7.19. The molecule has 0 heterocycles. The minimum Gasteiger partial charge on any atom is -0.444 e. The van der Waals surface area contributed by atoms with Gasteiger partial charge in [0, 0.05) is 12.5 Å². The number of rotatable bonds is 5. The second-order valence-corrected chi connectivity index (χ2v) is 6.49. The zero-order valence-electron chi connectivity index (χ0n) is 12.4. The van der Waals surface area contributed by atoms with E-state index in [1.807, 2.05) is 20.8 Å². The summed E-state index contributed by atoms with van der Waals surface area (Å²) in [6, 6.07) is -0.0875. The summed E-state index contributed by atoms with van der Waals surface area (Å²) in [4.78, 5) is 22.5. The van der Waals surface area contributed by atoms with Crippen LogP contribution in [0.25, 0.3) is 0 Å². The van der Waals surface area contributed by atoms with Gasteiger partial charge >= 0.3 is 6.09 Å².